The summed E-state index contributed by atoms with van der Waals surface area (Å²) in [5.74, 6) is -0.454. The minimum absolute atomic E-state index is 0.102. The standard InChI is InChI=1S/C12H13N3O4/c1-3-19-12(16)8(2)14-11-5-4-10(15(17)18)6-9(11)7-13/h4-6,8,14H,3H2,1-2H3. The van der Waals surface area contributed by atoms with E-state index in [1.807, 2.05) is 6.07 Å². The van der Waals surface area contributed by atoms with E-state index in [1.165, 1.54) is 12.1 Å². The number of carbonyl (C=O) groups is 1. The number of hydrogen-bond donors (Lipinski definition) is 1. The first-order chi connectivity index (χ1) is 8.99. The Morgan fingerprint density at radius 1 is 1.63 bits per heavy atom. The highest BCUT2D eigenvalue weighted by Gasteiger charge is 2.17. The van der Waals surface area contributed by atoms with E-state index in [0.717, 1.165) is 6.07 Å². The number of ether oxygens (including phenoxy) is 1. The molecular weight excluding hydrogens is 250 g/mol. The van der Waals surface area contributed by atoms with E-state index in [9.17, 15) is 14.9 Å². The third kappa shape index (κ3) is 3.67. The average molecular weight is 263 g/mol. The molecule has 0 aliphatic carbocycles. The van der Waals surface area contributed by atoms with Crippen molar-refractivity contribution in [3.8, 4) is 6.07 Å². The Hall–Kier alpha value is -2.62. The van der Waals surface area contributed by atoms with Gasteiger partial charge in [-0.2, -0.15) is 5.26 Å². The number of hydrogen-bond acceptors (Lipinski definition) is 6. The molecule has 0 aliphatic heterocycles. The van der Waals surface area contributed by atoms with Gasteiger partial charge < -0.3 is 10.1 Å². The Kier molecular flexibility index (Phi) is 4.83. The second kappa shape index (κ2) is 6.35. The molecule has 19 heavy (non-hydrogen) atoms. The van der Waals surface area contributed by atoms with Gasteiger partial charge in [-0.1, -0.05) is 0 Å². The summed E-state index contributed by atoms with van der Waals surface area (Å²) in [6.07, 6.45) is 0. The highest BCUT2D eigenvalue weighted by molar-refractivity contribution is 5.79. The number of esters is 1. The number of nitrogens with one attached hydrogen (secondary N) is 1. The fraction of sp³-hybridized carbons (Fsp3) is 0.333. The summed E-state index contributed by atoms with van der Waals surface area (Å²) in [6, 6.07) is 5.02. The SMILES string of the molecule is CCOC(=O)C(C)Nc1ccc([N+](=O)[O-])cc1C#N. The first kappa shape index (κ1) is 14.4. The highest BCUT2D eigenvalue weighted by atomic mass is 16.6. The fourth-order valence-corrected chi connectivity index (χ4v) is 1.42. The summed E-state index contributed by atoms with van der Waals surface area (Å²) in [6.45, 7) is 3.54. The number of nitro groups is 1. The van der Waals surface area contributed by atoms with Crippen LogP contribution in [0.4, 0.5) is 11.4 Å². The van der Waals surface area contributed by atoms with Crippen LogP contribution < -0.4 is 5.32 Å². The van der Waals surface area contributed by atoms with Crippen molar-refractivity contribution in [1.29, 1.82) is 5.26 Å². The maximum atomic E-state index is 11.4. The number of nitriles is 1. The quantitative estimate of drug-likeness (QED) is 0.493. The van der Waals surface area contributed by atoms with E-state index in [4.69, 9.17) is 10.00 Å². The van der Waals surface area contributed by atoms with Crippen LogP contribution in [0.2, 0.25) is 0 Å². The predicted molar refractivity (Wildman–Crippen MR) is 67.5 cm³/mol. The lowest BCUT2D eigenvalue weighted by Gasteiger charge is -2.14. The van der Waals surface area contributed by atoms with Gasteiger partial charge in [0.25, 0.3) is 5.69 Å². The van der Waals surface area contributed by atoms with Crippen molar-refractivity contribution in [2.45, 2.75) is 19.9 Å². The topological polar surface area (TPSA) is 105 Å². The molecule has 7 heteroatoms. The van der Waals surface area contributed by atoms with Crippen LogP contribution in [-0.4, -0.2) is 23.5 Å². The Morgan fingerprint density at radius 2 is 2.32 bits per heavy atom. The lowest BCUT2D eigenvalue weighted by Crippen LogP contribution is -2.28. The van der Waals surface area contributed by atoms with E-state index in [0.29, 0.717) is 5.69 Å². The van der Waals surface area contributed by atoms with Crippen LogP contribution in [0.5, 0.6) is 0 Å². The van der Waals surface area contributed by atoms with Crippen molar-refractivity contribution in [2.24, 2.45) is 0 Å². The molecule has 7 nitrogen and oxygen atoms in total. The molecule has 0 spiro atoms. The maximum absolute atomic E-state index is 11.4. The van der Waals surface area contributed by atoms with E-state index < -0.39 is 16.9 Å². The third-order valence-electron chi connectivity index (χ3n) is 2.35. The molecule has 0 heterocycles. The Morgan fingerprint density at radius 3 is 2.84 bits per heavy atom. The van der Waals surface area contributed by atoms with Crippen molar-refractivity contribution in [2.75, 3.05) is 11.9 Å². The molecule has 0 amide bonds. The number of anilines is 1. The second-order valence-electron chi connectivity index (χ2n) is 3.72. The molecule has 0 aliphatic rings. The number of nitrogens with zero attached hydrogens (tertiary/aromatic N) is 2. The van der Waals surface area contributed by atoms with Crippen LogP contribution in [0, 0.1) is 21.4 Å². The minimum Gasteiger partial charge on any atom is -0.464 e. The summed E-state index contributed by atoms with van der Waals surface area (Å²) in [5, 5.41) is 22.3. The van der Waals surface area contributed by atoms with Gasteiger partial charge in [-0.15, -0.1) is 0 Å². The normalized spacial score (nSPS) is 11.2. The van der Waals surface area contributed by atoms with Crippen LogP contribution in [0.25, 0.3) is 0 Å². The van der Waals surface area contributed by atoms with Crippen molar-refractivity contribution in [1.82, 2.24) is 0 Å². The minimum atomic E-state index is -0.645. The van der Waals surface area contributed by atoms with Gasteiger partial charge in [-0.3, -0.25) is 10.1 Å². The van der Waals surface area contributed by atoms with Gasteiger partial charge in [0.05, 0.1) is 22.8 Å². The summed E-state index contributed by atoms with van der Waals surface area (Å²) in [4.78, 5) is 21.5. The number of benzene rings is 1. The third-order valence-corrected chi connectivity index (χ3v) is 2.35. The average Bonchev–Trinajstić information content (AvgIpc) is 2.39. The number of carbonyl (C=O) groups excluding carboxylic acids is 1. The number of non-ortho nitro benzene ring substituents is 1. The lowest BCUT2D eigenvalue weighted by atomic mass is 10.1. The second-order valence-corrected chi connectivity index (χ2v) is 3.72. The van der Waals surface area contributed by atoms with Crippen molar-refractivity contribution in [3.63, 3.8) is 0 Å². The van der Waals surface area contributed by atoms with Crippen LogP contribution in [0.15, 0.2) is 18.2 Å². The Balaban J connectivity index is 2.93. The molecule has 100 valence electrons. The summed E-state index contributed by atoms with van der Waals surface area (Å²) >= 11 is 0. The molecule has 1 N–H and O–H groups in total. The fourth-order valence-electron chi connectivity index (χ4n) is 1.42. The molecule has 1 unspecified atom stereocenters. The smallest absolute Gasteiger partial charge is 0.328 e. The molecule has 0 aromatic heterocycles. The van der Waals surface area contributed by atoms with Gasteiger partial charge in [0.2, 0.25) is 0 Å². The molecule has 0 saturated carbocycles. The highest BCUT2D eigenvalue weighted by Crippen LogP contribution is 2.22. The first-order valence-electron chi connectivity index (χ1n) is 5.61. The zero-order chi connectivity index (χ0) is 14.4. The van der Waals surface area contributed by atoms with Crippen LogP contribution in [0.3, 0.4) is 0 Å². The summed E-state index contributed by atoms with van der Waals surface area (Å²) < 4.78 is 4.82. The van der Waals surface area contributed by atoms with E-state index in [2.05, 4.69) is 5.32 Å². The monoisotopic (exact) mass is 263 g/mol. The molecule has 1 aromatic rings. The molecule has 0 radical (unpaired) electrons. The van der Waals surface area contributed by atoms with Crippen LogP contribution in [0.1, 0.15) is 19.4 Å². The van der Waals surface area contributed by atoms with Crippen LogP contribution in [-0.2, 0) is 9.53 Å². The molecule has 1 rings (SSSR count). The predicted octanol–water partition coefficient (Wildman–Crippen LogP) is 1.83. The van der Waals surface area contributed by atoms with Crippen LogP contribution >= 0.6 is 0 Å². The maximum Gasteiger partial charge on any atom is 0.328 e. The largest absolute Gasteiger partial charge is 0.464 e. The van der Waals surface area contributed by atoms with Gasteiger partial charge >= 0.3 is 5.97 Å². The van der Waals surface area contributed by atoms with Gasteiger partial charge in [-0.25, -0.2) is 4.79 Å². The lowest BCUT2D eigenvalue weighted by molar-refractivity contribution is -0.384. The first-order valence-corrected chi connectivity index (χ1v) is 5.61. The molecular formula is C12H13N3O4. The molecule has 1 aromatic carbocycles. The van der Waals surface area contributed by atoms with E-state index >= 15 is 0 Å². The van der Waals surface area contributed by atoms with Gasteiger partial charge in [0.15, 0.2) is 0 Å². The summed E-state index contributed by atoms with van der Waals surface area (Å²) in [5.41, 5.74) is 0.282. The van der Waals surface area contributed by atoms with Gasteiger partial charge in [-0.05, 0) is 19.9 Å². The summed E-state index contributed by atoms with van der Waals surface area (Å²) in [7, 11) is 0. The Labute approximate surface area is 109 Å². The van der Waals surface area contributed by atoms with E-state index in [1.54, 1.807) is 13.8 Å². The van der Waals surface area contributed by atoms with Crippen molar-refractivity contribution >= 4 is 17.3 Å². The zero-order valence-corrected chi connectivity index (χ0v) is 10.5. The van der Waals surface area contributed by atoms with Gasteiger partial charge in [0, 0.05) is 12.1 Å². The van der Waals surface area contributed by atoms with E-state index in [-0.39, 0.29) is 17.9 Å². The molecule has 0 fully saturated rings. The zero-order valence-electron chi connectivity index (χ0n) is 10.5. The number of nitro benzene ring substituents is 1. The van der Waals surface area contributed by atoms with Gasteiger partial charge in [0.1, 0.15) is 12.1 Å². The molecule has 0 bridgehead atoms. The number of rotatable bonds is 5. The molecule has 1 atom stereocenters. The van der Waals surface area contributed by atoms with Crippen molar-refractivity contribution < 1.29 is 14.5 Å². The Bertz CT molecular complexity index is 536. The van der Waals surface area contributed by atoms with Crippen molar-refractivity contribution in [3.05, 3.63) is 33.9 Å². The molecule has 0 saturated heterocycles.